The maximum atomic E-state index is 10.9. The SMILES string of the molecule is C=C(C)c1c[nH]c(=O)[nH]c1=O. The fourth-order valence-corrected chi connectivity index (χ4v) is 0.727. The van der Waals surface area contributed by atoms with Crippen LogP contribution < -0.4 is 11.2 Å². The van der Waals surface area contributed by atoms with E-state index in [2.05, 4.69) is 16.5 Å². The molecule has 0 atom stereocenters. The minimum absolute atomic E-state index is 0.402. The van der Waals surface area contributed by atoms with Crippen molar-refractivity contribution in [2.24, 2.45) is 0 Å². The first-order valence-corrected chi connectivity index (χ1v) is 3.09. The van der Waals surface area contributed by atoms with E-state index < -0.39 is 11.2 Å². The topological polar surface area (TPSA) is 65.7 Å². The molecule has 0 aliphatic carbocycles. The van der Waals surface area contributed by atoms with Gasteiger partial charge in [0.15, 0.2) is 0 Å². The molecule has 4 nitrogen and oxygen atoms in total. The summed E-state index contributed by atoms with van der Waals surface area (Å²) in [5.74, 6) is 0. The molecule has 0 radical (unpaired) electrons. The molecule has 0 aliphatic heterocycles. The molecule has 11 heavy (non-hydrogen) atoms. The second-order valence-corrected chi connectivity index (χ2v) is 2.27. The molecule has 0 saturated carbocycles. The van der Waals surface area contributed by atoms with E-state index in [0.717, 1.165) is 0 Å². The van der Waals surface area contributed by atoms with Crippen molar-refractivity contribution in [1.82, 2.24) is 9.97 Å². The zero-order chi connectivity index (χ0) is 8.43. The molecule has 0 fully saturated rings. The number of allylic oxidation sites excluding steroid dienone is 1. The Labute approximate surface area is 62.6 Å². The van der Waals surface area contributed by atoms with Crippen LogP contribution in [0.25, 0.3) is 5.57 Å². The molecule has 2 N–H and O–H groups in total. The van der Waals surface area contributed by atoms with Gasteiger partial charge in [-0.05, 0) is 12.5 Å². The smallest absolute Gasteiger partial charge is 0.314 e. The first-order valence-electron chi connectivity index (χ1n) is 3.09. The molecular weight excluding hydrogens is 144 g/mol. The number of hydrogen-bond acceptors (Lipinski definition) is 2. The van der Waals surface area contributed by atoms with Crippen molar-refractivity contribution in [3.8, 4) is 0 Å². The Balaban J connectivity index is 3.43. The molecule has 0 spiro atoms. The molecule has 1 rings (SSSR count). The van der Waals surface area contributed by atoms with Crippen LogP contribution in [0.1, 0.15) is 12.5 Å². The van der Waals surface area contributed by atoms with Crippen LogP contribution in [0, 0.1) is 0 Å². The number of rotatable bonds is 1. The van der Waals surface area contributed by atoms with Gasteiger partial charge in [0, 0.05) is 6.20 Å². The average Bonchev–Trinajstić information content (AvgIpc) is 1.85. The van der Waals surface area contributed by atoms with Gasteiger partial charge in [-0.3, -0.25) is 9.78 Å². The van der Waals surface area contributed by atoms with Crippen LogP contribution in [0.15, 0.2) is 22.4 Å². The number of hydrogen-bond donors (Lipinski definition) is 2. The zero-order valence-corrected chi connectivity index (χ0v) is 6.10. The normalized spacial score (nSPS) is 9.55. The lowest BCUT2D eigenvalue weighted by atomic mass is 10.2. The Morgan fingerprint density at radius 3 is 2.64 bits per heavy atom. The summed E-state index contributed by atoms with van der Waals surface area (Å²) in [6.45, 7) is 5.27. The van der Waals surface area contributed by atoms with Crippen LogP contribution >= 0.6 is 0 Å². The fourth-order valence-electron chi connectivity index (χ4n) is 0.727. The Morgan fingerprint density at radius 1 is 1.55 bits per heavy atom. The third-order valence-electron chi connectivity index (χ3n) is 1.28. The second-order valence-electron chi connectivity index (χ2n) is 2.27. The van der Waals surface area contributed by atoms with Crippen LogP contribution in [-0.2, 0) is 0 Å². The van der Waals surface area contributed by atoms with E-state index >= 15 is 0 Å². The lowest BCUT2D eigenvalue weighted by Crippen LogP contribution is -2.23. The van der Waals surface area contributed by atoms with Crippen LogP contribution in [0.4, 0.5) is 0 Å². The van der Waals surface area contributed by atoms with E-state index in [-0.39, 0.29) is 0 Å². The van der Waals surface area contributed by atoms with Gasteiger partial charge < -0.3 is 4.98 Å². The molecule has 4 heteroatoms. The highest BCUT2D eigenvalue weighted by atomic mass is 16.2. The largest absolute Gasteiger partial charge is 0.325 e. The van der Waals surface area contributed by atoms with Gasteiger partial charge in [0.05, 0.1) is 5.56 Å². The van der Waals surface area contributed by atoms with Crippen molar-refractivity contribution in [3.63, 3.8) is 0 Å². The van der Waals surface area contributed by atoms with Crippen LogP contribution in [-0.4, -0.2) is 9.97 Å². The van der Waals surface area contributed by atoms with Crippen molar-refractivity contribution >= 4 is 5.57 Å². The Bertz CT molecular complexity index is 386. The average molecular weight is 152 g/mol. The lowest BCUT2D eigenvalue weighted by molar-refractivity contribution is 1.02. The highest BCUT2D eigenvalue weighted by Gasteiger charge is 1.98. The van der Waals surface area contributed by atoms with E-state index in [1.54, 1.807) is 6.92 Å². The maximum absolute atomic E-state index is 10.9. The van der Waals surface area contributed by atoms with E-state index in [1.807, 2.05) is 0 Å². The number of aromatic nitrogens is 2. The third kappa shape index (κ3) is 1.46. The van der Waals surface area contributed by atoms with E-state index in [4.69, 9.17) is 0 Å². The van der Waals surface area contributed by atoms with E-state index in [1.165, 1.54) is 6.20 Å². The van der Waals surface area contributed by atoms with Crippen molar-refractivity contribution in [2.75, 3.05) is 0 Å². The summed E-state index contributed by atoms with van der Waals surface area (Å²) in [6.07, 6.45) is 1.35. The monoisotopic (exact) mass is 152 g/mol. The molecule has 0 aromatic carbocycles. The molecule has 0 saturated heterocycles. The number of nitrogens with one attached hydrogen (secondary N) is 2. The molecule has 0 unspecified atom stereocenters. The fraction of sp³-hybridized carbons (Fsp3) is 0.143. The summed E-state index contributed by atoms with van der Waals surface area (Å²) >= 11 is 0. The minimum atomic E-state index is -0.500. The predicted octanol–water partition coefficient (Wildman–Crippen LogP) is 0.0963. The summed E-state index contributed by atoms with van der Waals surface area (Å²) in [7, 11) is 0. The Kier molecular flexibility index (Phi) is 1.76. The van der Waals surface area contributed by atoms with Gasteiger partial charge in [0.2, 0.25) is 0 Å². The molecule has 0 bridgehead atoms. The minimum Gasteiger partial charge on any atom is -0.314 e. The van der Waals surface area contributed by atoms with E-state index in [9.17, 15) is 9.59 Å². The van der Waals surface area contributed by atoms with Crippen LogP contribution in [0.2, 0.25) is 0 Å². The standard InChI is InChI=1S/C7H8N2O2/c1-4(2)5-3-8-7(11)9-6(5)10/h3H,1H2,2H3,(H2,8,9,10,11). The maximum Gasteiger partial charge on any atom is 0.325 e. The van der Waals surface area contributed by atoms with Crippen molar-refractivity contribution < 1.29 is 0 Å². The quantitative estimate of drug-likeness (QED) is 0.599. The summed E-state index contributed by atoms with van der Waals surface area (Å²) in [6, 6.07) is 0. The molecular formula is C7H8N2O2. The van der Waals surface area contributed by atoms with Crippen molar-refractivity contribution in [1.29, 1.82) is 0 Å². The van der Waals surface area contributed by atoms with Gasteiger partial charge in [-0.1, -0.05) is 6.58 Å². The summed E-state index contributed by atoms with van der Waals surface area (Å²) in [4.78, 5) is 25.9. The highest BCUT2D eigenvalue weighted by molar-refractivity contribution is 5.59. The van der Waals surface area contributed by atoms with Crippen molar-refractivity contribution in [2.45, 2.75) is 6.92 Å². The number of H-pyrrole nitrogens is 2. The highest BCUT2D eigenvalue weighted by Crippen LogP contribution is 2.00. The summed E-state index contributed by atoms with van der Waals surface area (Å²) < 4.78 is 0. The number of aromatic amines is 2. The van der Waals surface area contributed by atoms with Gasteiger partial charge >= 0.3 is 5.69 Å². The first kappa shape index (κ1) is 7.53. The molecule has 58 valence electrons. The van der Waals surface area contributed by atoms with Gasteiger partial charge in [-0.25, -0.2) is 4.79 Å². The Morgan fingerprint density at radius 2 is 2.18 bits per heavy atom. The molecule has 0 aliphatic rings. The van der Waals surface area contributed by atoms with Gasteiger partial charge in [-0.15, -0.1) is 0 Å². The van der Waals surface area contributed by atoms with Gasteiger partial charge in [-0.2, -0.15) is 0 Å². The first-order chi connectivity index (χ1) is 5.11. The third-order valence-corrected chi connectivity index (χ3v) is 1.28. The van der Waals surface area contributed by atoms with Gasteiger partial charge in [0.1, 0.15) is 0 Å². The van der Waals surface area contributed by atoms with Crippen LogP contribution in [0.3, 0.4) is 0 Å². The van der Waals surface area contributed by atoms with Crippen LogP contribution in [0.5, 0.6) is 0 Å². The zero-order valence-electron chi connectivity index (χ0n) is 6.10. The predicted molar refractivity (Wildman–Crippen MR) is 42.4 cm³/mol. The van der Waals surface area contributed by atoms with Crippen molar-refractivity contribution in [3.05, 3.63) is 39.2 Å². The molecule has 1 aromatic rings. The Hall–Kier alpha value is -1.58. The summed E-state index contributed by atoms with van der Waals surface area (Å²) in [5.41, 5.74) is 0.133. The molecule has 1 heterocycles. The molecule has 1 aromatic heterocycles. The van der Waals surface area contributed by atoms with Gasteiger partial charge in [0.25, 0.3) is 5.56 Å². The summed E-state index contributed by atoms with van der Waals surface area (Å²) in [5, 5.41) is 0. The lowest BCUT2D eigenvalue weighted by Gasteiger charge is -1.93. The second kappa shape index (κ2) is 2.57. The molecule has 0 amide bonds. The van der Waals surface area contributed by atoms with E-state index in [0.29, 0.717) is 11.1 Å².